The minimum absolute atomic E-state index is 0.150. The van der Waals surface area contributed by atoms with E-state index < -0.39 is 0 Å². The number of rotatable bonds is 3. The van der Waals surface area contributed by atoms with E-state index >= 15 is 0 Å². The van der Waals surface area contributed by atoms with Gasteiger partial charge < -0.3 is 11.1 Å². The van der Waals surface area contributed by atoms with Crippen molar-refractivity contribution in [2.75, 3.05) is 17.6 Å². The number of nitrogens with one attached hydrogen (secondary N) is 2. The van der Waals surface area contributed by atoms with Gasteiger partial charge in [0.15, 0.2) is 0 Å². The Morgan fingerprint density at radius 1 is 1.44 bits per heavy atom. The van der Waals surface area contributed by atoms with E-state index in [2.05, 4.69) is 15.3 Å². The number of nitrogens with two attached hydrogens (primary N) is 1. The molecule has 1 aliphatic carbocycles. The molecule has 1 aliphatic rings. The lowest BCUT2D eigenvalue weighted by atomic mass is 9.85. The van der Waals surface area contributed by atoms with Gasteiger partial charge in [0.05, 0.1) is 10.9 Å². The van der Waals surface area contributed by atoms with Crippen molar-refractivity contribution in [2.24, 2.45) is 5.92 Å². The van der Waals surface area contributed by atoms with Crippen molar-refractivity contribution in [2.45, 2.75) is 19.3 Å². The summed E-state index contributed by atoms with van der Waals surface area (Å²) in [6.45, 7) is 0.878. The normalized spacial score (nSPS) is 15.6. The zero-order valence-corrected chi connectivity index (χ0v) is 10.1. The lowest BCUT2D eigenvalue weighted by Gasteiger charge is -2.25. The lowest BCUT2D eigenvalue weighted by Crippen LogP contribution is -2.23. The molecule has 3 rings (SSSR count). The first-order chi connectivity index (χ1) is 8.72. The molecule has 4 N–H and O–H groups in total. The van der Waals surface area contributed by atoms with Crippen LogP contribution in [0.25, 0.3) is 10.9 Å². The molecular formula is C13H16N4O. The minimum Gasteiger partial charge on any atom is -0.399 e. The third-order valence-electron chi connectivity index (χ3n) is 3.51. The number of hydrogen-bond donors (Lipinski definition) is 3. The van der Waals surface area contributed by atoms with Gasteiger partial charge in [0.1, 0.15) is 0 Å². The van der Waals surface area contributed by atoms with Gasteiger partial charge in [0.25, 0.3) is 5.56 Å². The summed E-state index contributed by atoms with van der Waals surface area (Å²) < 4.78 is 0. The third kappa shape index (κ3) is 2.03. The quantitative estimate of drug-likeness (QED) is 0.718. The highest BCUT2D eigenvalue weighted by Crippen LogP contribution is 2.26. The molecule has 1 heterocycles. The van der Waals surface area contributed by atoms with Crippen LogP contribution in [0.4, 0.5) is 11.6 Å². The van der Waals surface area contributed by atoms with Crippen molar-refractivity contribution in [1.82, 2.24) is 9.97 Å². The molecule has 18 heavy (non-hydrogen) atoms. The first-order valence-electron chi connectivity index (χ1n) is 6.26. The SMILES string of the molecule is Nc1ccc2nc(NCC3CCC3)[nH]c(=O)c2c1. The molecule has 0 radical (unpaired) electrons. The van der Waals surface area contributed by atoms with E-state index in [1.54, 1.807) is 18.2 Å². The van der Waals surface area contributed by atoms with Gasteiger partial charge in [-0.25, -0.2) is 4.98 Å². The van der Waals surface area contributed by atoms with Crippen molar-refractivity contribution in [1.29, 1.82) is 0 Å². The number of nitrogens with zero attached hydrogens (tertiary/aromatic N) is 1. The monoisotopic (exact) mass is 244 g/mol. The number of fused-ring (bicyclic) bond motifs is 1. The summed E-state index contributed by atoms with van der Waals surface area (Å²) in [5, 5.41) is 3.73. The summed E-state index contributed by atoms with van der Waals surface area (Å²) in [4.78, 5) is 19.0. The summed E-state index contributed by atoms with van der Waals surface area (Å²) >= 11 is 0. The van der Waals surface area contributed by atoms with Crippen LogP contribution in [0.2, 0.25) is 0 Å². The summed E-state index contributed by atoms with van der Waals surface area (Å²) in [6.07, 6.45) is 3.84. The molecule has 0 saturated heterocycles. The van der Waals surface area contributed by atoms with Crippen molar-refractivity contribution in [3.8, 4) is 0 Å². The fourth-order valence-corrected chi connectivity index (χ4v) is 2.18. The van der Waals surface area contributed by atoms with Crippen molar-refractivity contribution >= 4 is 22.5 Å². The highest BCUT2D eigenvalue weighted by Gasteiger charge is 2.17. The van der Waals surface area contributed by atoms with Crippen molar-refractivity contribution < 1.29 is 0 Å². The smallest absolute Gasteiger partial charge is 0.260 e. The van der Waals surface area contributed by atoms with Crippen LogP contribution in [-0.4, -0.2) is 16.5 Å². The summed E-state index contributed by atoms with van der Waals surface area (Å²) in [7, 11) is 0. The van der Waals surface area contributed by atoms with Crippen LogP contribution in [0.5, 0.6) is 0 Å². The van der Waals surface area contributed by atoms with Gasteiger partial charge in [0, 0.05) is 12.2 Å². The zero-order chi connectivity index (χ0) is 12.5. The Bertz CT molecular complexity index is 630. The maximum absolute atomic E-state index is 11.9. The first kappa shape index (κ1) is 11.1. The average molecular weight is 244 g/mol. The summed E-state index contributed by atoms with van der Waals surface area (Å²) in [5.74, 6) is 1.27. The van der Waals surface area contributed by atoms with E-state index in [9.17, 15) is 4.79 Å². The molecule has 5 heteroatoms. The lowest BCUT2D eigenvalue weighted by molar-refractivity contribution is 0.333. The Morgan fingerprint density at radius 2 is 2.28 bits per heavy atom. The van der Waals surface area contributed by atoms with Gasteiger partial charge in [-0.3, -0.25) is 9.78 Å². The molecule has 0 amide bonds. The molecule has 0 bridgehead atoms. The van der Waals surface area contributed by atoms with Gasteiger partial charge in [-0.05, 0) is 37.0 Å². The molecule has 0 atom stereocenters. The molecule has 0 unspecified atom stereocenters. The number of benzene rings is 1. The molecule has 0 aliphatic heterocycles. The number of hydrogen-bond acceptors (Lipinski definition) is 4. The summed E-state index contributed by atoms with van der Waals surface area (Å²) in [6, 6.07) is 5.18. The van der Waals surface area contributed by atoms with Gasteiger partial charge in [-0.2, -0.15) is 0 Å². The van der Waals surface area contributed by atoms with Crippen molar-refractivity contribution in [3.63, 3.8) is 0 Å². The molecule has 1 fully saturated rings. The number of nitrogen functional groups attached to an aromatic ring is 1. The van der Waals surface area contributed by atoms with Gasteiger partial charge in [-0.1, -0.05) is 6.42 Å². The molecular weight excluding hydrogens is 228 g/mol. The van der Waals surface area contributed by atoms with Gasteiger partial charge in [0.2, 0.25) is 5.95 Å². The Morgan fingerprint density at radius 3 is 3.00 bits per heavy atom. The molecule has 94 valence electrons. The van der Waals surface area contributed by atoms with E-state index in [-0.39, 0.29) is 5.56 Å². The number of H-pyrrole nitrogens is 1. The average Bonchev–Trinajstić information content (AvgIpc) is 2.28. The molecule has 1 aromatic heterocycles. The predicted molar refractivity (Wildman–Crippen MR) is 72.6 cm³/mol. The Kier molecular flexibility index (Phi) is 2.66. The van der Waals surface area contributed by atoms with Crippen LogP contribution in [0.15, 0.2) is 23.0 Å². The fraction of sp³-hybridized carbons (Fsp3) is 0.385. The molecule has 1 saturated carbocycles. The largest absolute Gasteiger partial charge is 0.399 e. The number of aromatic nitrogens is 2. The molecule has 1 aromatic carbocycles. The second-order valence-corrected chi connectivity index (χ2v) is 4.87. The van der Waals surface area contributed by atoms with E-state index in [0.717, 1.165) is 12.5 Å². The van der Waals surface area contributed by atoms with E-state index in [1.807, 2.05) is 0 Å². The maximum Gasteiger partial charge on any atom is 0.260 e. The maximum atomic E-state index is 11.9. The highest BCUT2D eigenvalue weighted by atomic mass is 16.1. The standard InChI is InChI=1S/C13H16N4O/c14-9-4-5-11-10(6-9)12(18)17-13(16-11)15-7-8-2-1-3-8/h4-6,8H,1-3,7,14H2,(H2,15,16,17,18). The number of aromatic amines is 1. The molecule has 0 spiro atoms. The predicted octanol–water partition coefficient (Wildman–Crippen LogP) is 1.72. The molecule has 2 aromatic rings. The Balaban J connectivity index is 1.89. The Labute approximate surface area is 104 Å². The highest BCUT2D eigenvalue weighted by molar-refractivity contribution is 5.81. The second-order valence-electron chi connectivity index (χ2n) is 4.87. The minimum atomic E-state index is -0.150. The Hall–Kier alpha value is -2.04. The van der Waals surface area contributed by atoms with Crippen LogP contribution in [-0.2, 0) is 0 Å². The first-order valence-corrected chi connectivity index (χ1v) is 6.26. The van der Waals surface area contributed by atoms with E-state index in [1.165, 1.54) is 19.3 Å². The van der Waals surface area contributed by atoms with Gasteiger partial charge in [-0.15, -0.1) is 0 Å². The molecule has 5 nitrogen and oxygen atoms in total. The number of anilines is 2. The van der Waals surface area contributed by atoms with Crippen LogP contribution in [0.3, 0.4) is 0 Å². The van der Waals surface area contributed by atoms with E-state index in [0.29, 0.717) is 22.5 Å². The summed E-state index contributed by atoms with van der Waals surface area (Å²) in [5.41, 5.74) is 6.75. The van der Waals surface area contributed by atoms with Crippen LogP contribution < -0.4 is 16.6 Å². The third-order valence-corrected chi connectivity index (χ3v) is 3.51. The van der Waals surface area contributed by atoms with Gasteiger partial charge >= 0.3 is 0 Å². The van der Waals surface area contributed by atoms with Crippen LogP contribution in [0, 0.1) is 5.92 Å². The van der Waals surface area contributed by atoms with Crippen LogP contribution >= 0.6 is 0 Å². The second kappa shape index (κ2) is 4.33. The van der Waals surface area contributed by atoms with Crippen LogP contribution in [0.1, 0.15) is 19.3 Å². The topological polar surface area (TPSA) is 83.8 Å². The zero-order valence-electron chi connectivity index (χ0n) is 10.1. The fourth-order valence-electron chi connectivity index (χ4n) is 2.18. The van der Waals surface area contributed by atoms with Crippen molar-refractivity contribution in [3.05, 3.63) is 28.6 Å². The van der Waals surface area contributed by atoms with E-state index in [4.69, 9.17) is 5.73 Å².